The summed E-state index contributed by atoms with van der Waals surface area (Å²) in [5.74, 6) is 0.573. The zero-order valence-corrected chi connectivity index (χ0v) is 9.09. The normalized spacial score (nSPS) is 14.8. The summed E-state index contributed by atoms with van der Waals surface area (Å²) in [4.78, 5) is 0. The lowest BCUT2D eigenvalue weighted by Crippen LogP contribution is -2.07. The first kappa shape index (κ1) is 12.4. The van der Waals surface area contributed by atoms with Crippen LogP contribution in [0.1, 0.15) is 40.0 Å². The van der Waals surface area contributed by atoms with Crippen LogP contribution in [0.15, 0.2) is 24.3 Å². The van der Waals surface area contributed by atoms with Crippen molar-refractivity contribution in [2.45, 2.75) is 46.1 Å². The fraction of sp³-hybridized carbons (Fsp3) is 0.667. The Balaban J connectivity index is 3.57. The molecule has 0 aliphatic carbocycles. The smallest absolute Gasteiger partial charge is 0.0720 e. The number of rotatable bonds is 6. The van der Waals surface area contributed by atoms with Crippen LogP contribution >= 0.6 is 0 Å². The lowest BCUT2D eigenvalue weighted by atomic mass is 9.98. The summed E-state index contributed by atoms with van der Waals surface area (Å²) < 4.78 is 0. The monoisotopic (exact) mass is 182 g/mol. The Morgan fingerprint density at radius 3 is 2.54 bits per heavy atom. The molecule has 0 aliphatic rings. The summed E-state index contributed by atoms with van der Waals surface area (Å²) in [6.45, 7) is 9.96. The van der Waals surface area contributed by atoms with E-state index in [-0.39, 0.29) is 6.10 Å². The van der Waals surface area contributed by atoms with E-state index in [0.717, 1.165) is 19.3 Å². The summed E-state index contributed by atoms with van der Waals surface area (Å²) in [6.07, 6.45) is 6.62. The van der Waals surface area contributed by atoms with E-state index in [1.807, 2.05) is 0 Å². The van der Waals surface area contributed by atoms with Crippen molar-refractivity contribution in [2.75, 3.05) is 0 Å². The van der Waals surface area contributed by atoms with Crippen molar-refractivity contribution in [1.82, 2.24) is 0 Å². The third kappa shape index (κ3) is 7.79. The zero-order chi connectivity index (χ0) is 10.3. The molecule has 0 aromatic rings. The second-order valence-corrected chi connectivity index (χ2v) is 4.00. The zero-order valence-electron chi connectivity index (χ0n) is 9.09. The van der Waals surface area contributed by atoms with Gasteiger partial charge in [-0.1, -0.05) is 24.6 Å². The first-order valence-corrected chi connectivity index (χ1v) is 5.00. The van der Waals surface area contributed by atoms with Crippen molar-refractivity contribution in [3.8, 4) is 0 Å². The maximum atomic E-state index is 9.30. The Morgan fingerprint density at radius 1 is 1.46 bits per heavy atom. The summed E-state index contributed by atoms with van der Waals surface area (Å²) in [5.41, 5.74) is 1.37. The van der Waals surface area contributed by atoms with Crippen LogP contribution in [0.25, 0.3) is 0 Å². The van der Waals surface area contributed by atoms with Gasteiger partial charge >= 0.3 is 0 Å². The highest BCUT2D eigenvalue weighted by Gasteiger charge is 2.05. The van der Waals surface area contributed by atoms with Crippen LogP contribution in [-0.2, 0) is 0 Å². The molecule has 1 N–H and O–H groups in total. The van der Waals surface area contributed by atoms with Crippen LogP contribution in [0.3, 0.4) is 0 Å². The molecule has 0 heterocycles. The quantitative estimate of drug-likeness (QED) is 0.625. The molecule has 0 spiro atoms. The second-order valence-electron chi connectivity index (χ2n) is 4.00. The summed E-state index contributed by atoms with van der Waals surface area (Å²) in [5, 5.41) is 9.30. The van der Waals surface area contributed by atoms with Gasteiger partial charge in [0.25, 0.3) is 0 Å². The topological polar surface area (TPSA) is 20.2 Å². The van der Waals surface area contributed by atoms with Gasteiger partial charge in [-0.3, -0.25) is 0 Å². The summed E-state index contributed by atoms with van der Waals surface area (Å²) >= 11 is 0. The van der Waals surface area contributed by atoms with Crippen molar-refractivity contribution in [1.29, 1.82) is 0 Å². The van der Waals surface area contributed by atoms with E-state index in [1.165, 1.54) is 5.57 Å². The number of allylic oxidation sites excluding steroid dienone is 2. The predicted octanol–water partition coefficient (Wildman–Crippen LogP) is 3.31. The standard InChI is InChI=1S/C12H22O/c1-5-12(13)9-11(4)8-6-7-10(2)3/h5,7,11-13H,1,6,8-9H2,2-4H3/t11-,12?/m0/s1. The fourth-order valence-corrected chi connectivity index (χ4v) is 1.28. The minimum absolute atomic E-state index is 0.332. The molecule has 2 atom stereocenters. The highest BCUT2D eigenvalue weighted by Crippen LogP contribution is 2.14. The van der Waals surface area contributed by atoms with Gasteiger partial charge in [-0.05, 0) is 39.0 Å². The highest BCUT2D eigenvalue weighted by molar-refractivity contribution is 4.93. The number of aliphatic hydroxyl groups excluding tert-OH is 1. The first-order valence-electron chi connectivity index (χ1n) is 5.00. The Labute approximate surface area is 82.2 Å². The van der Waals surface area contributed by atoms with Crippen LogP contribution < -0.4 is 0 Å². The molecule has 0 saturated carbocycles. The number of hydrogen-bond donors (Lipinski definition) is 1. The van der Waals surface area contributed by atoms with E-state index >= 15 is 0 Å². The third-order valence-corrected chi connectivity index (χ3v) is 2.13. The molecule has 76 valence electrons. The van der Waals surface area contributed by atoms with Crippen LogP contribution in [0, 0.1) is 5.92 Å². The van der Waals surface area contributed by atoms with Gasteiger partial charge in [0.15, 0.2) is 0 Å². The molecule has 0 saturated heterocycles. The highest BCUT2D eigenvalue weighted by atomic mass is 16.3. The molecule has 1 unspecified atom stereocenters. The maximum absolute atomic E-state index is 9.30. The molecule has 0 amide bonds. The molecule has 0 fully saturated rings. The minimum atomic E-state index is -0.332. The molecule has 1 heteroatoms. The van der Waals surface area contributed by atoms with Gasteiger partial charge in [-0.2, -0.15) is 0 Å². The molecular weight excluding hydrogens is 160 g/mol. The van der Waals surface area contributed by atoms with Crippen molar-refractivity contribution in [3.63, 3.8) is 0 Å². The van der Waals surface area contributed by atoms with Crippen LogP contribution in [0.5, 0.6) is 0 Å². The average molecular weight is 182 g/mol. The molecule has 0 aliphatic heterocycles. The minimum Gasteiger partial charge on any atom is -0.389 e. The van der Waals surface area contributed by atoms with Crippen LogP contribution in [-0.4, -0.2) is 11.2 Å². The summed E-state index contributed by atoms with van der Waals surface area (Å²) in [6, 6.07) is 0. The van der Waals surface area contributed by atoms with E-state index in [1.54, 1.807) is 6.08 Å². The maximum Gasteiger partial charge on any atom is 0.0720 e. The Hall–Kier alpha value is -0.560. The Kier molecular flexibility index (Phi) is 6.61. The van der Waals surface area contributed by atoms with Gasteiger partial charge in [0, 0.05) is 0 Å². The molecule has 0 radical (unpaired) electrons. The molecule has 0 aromatic carbocycles. The molecule has 0 rings (SSSR count). The van der Waals surface area contributed by atoms with Crippen molar-refractivity contribution in [2.24, 2.45) is 5.92 Å². The van der Waals surface area contributed by atoms with E-state index in [4.69, 9.17) is 0 Å². The Bertz CT molecular complexity index is 166. The van der Waals surface area contributed by atoms with E-state index < -0.39 is 0 Å². The predicted molar refractivity (Wildman–Crippen MR) is 58.6 cm³/mol. The average Bonchev–Trinajstić information content (AvgIpc) is 2.03. The second kappa shape index (κ2) is 6.90. The largest absolute Gasteiger partial charge is 0.389 e. The van der Waals surface area contributed by atoms with Crippen molar-refractivity contribution >= 4 is 0 Å². The number of aliphatic hydroxyl groups is 1. The van der Waals surface area contributed by atoms with Gasteiger partial charge in [0.2, 0.25) is 0 Å². The molecule has 0 bridgehead atoms. The van der Waals surface area contributed by atoms with Crippen LogP contribution in [0.2, 0.25) is 0 Å². The van der Waals surface area contributed by atoms with E-state index in [2.05, 4.69) is 33.4 Å². The lowest BCUT2D eigenvalue weighted by Gasteiger charge is -2.12. The summed E-state index contributed by atoms with van der Waals surface area (Å²) in [7, 11) is 0. The van der Waals surface area contributed by atoms with E-state index in [9.17, 15) is 5.11 Å². The molecular formula is C12H22O. The van der Waals surface area contributed by atoms with Crippen molar-refractivity contribution < 1.29 is 5.11 Å². The first-order chi connectivity index (χ1) is 6.06. The van der Waals surface area contributed by atoms with Gasteiger partial charge in [0.05, 0.1) is 6.10 Å². The molecule has 13 heavy (non-hydrogen) atoms. The Morgan fingerprint density at radius 2 is 2.08 bits per heavy atom. The van der Waals surface area contributed by atoms with Crippen LogP contribution in [0.4, 0.5) is 0 Å². The SMILES string of the molecule is C=CC(O)C[C@@H](C)CCC=C(C)C. The van der Waals surface area contributed by atoms with E-state index in [0.29, 0.717) is 5.92 Å². The van der Waals surface area contributed by atoms with Gasteiger partial charge in [-0.25, -0.2) is 0 Å². The van der Waals surface area contributed by atoms with Gasteiger partial charge < -0.3 is 5.11 Å². The fourth-order valence-electron chi connectivity index (χ4n) is 1.28. The molecule has 0 aromatic heterocycles. The molecule has 1 nitrogen and oxygen atoms in total. The third-order valence-electron chi connectivity index (χ3n) is 2.13. The number of hydrogen-bond acceptors (Lipinski definition) is 1. The van der Waals surface area contributed by atoms with Gasteiger partial charge in [0.1, 0.15) is 0 Å². The lowest BCUT2D eigenvalue weighted by molar-refractivity contribution is 0.188. The van der Waals surface area contributed by atoms with Gasteiger partial charge in [-0.15, -0.1) is 6.58 Å². The van der Waals surface area contributed by atoms with Crippen molar-refractivity contribution in [3.05, 3.63) is 24.3 Å².